The van der Waals surface area contributed by atoms with Crippen LogP contribution in [0.4, 0.5) is 22.0 Å². The number of halogens is 5. The van der Waals surface area contributed by atoms with Crippen LogP contribution in [0, 0.1) is 29.1 Å². The van der Waals surface area contributed by atoms with Crippen LogP contribution in [0.3, 0.4) is 0 Å². The fourth-order valence-corrected chi connectivity index (χ4v) is 3.06. The molecule has 2 heterocycles. The van der Waals surface area contributed by atoms with Crippen molar-refractivity contribution < 1.29 is 36.3 Å². The lowest BCUT2D eigenvalue weighted by atomic mass is 10.1. The fraction of sp³-hybridized carbons (Fsp3) is 0.500. The normalized spacial score (nSPS) is 20.6. The van der Waals surface area contributed by atoms with E-state index >= 15 is 0 Å². The van der Waals surface area contributed by atoms with Crippen LogP contribution in [0.25, 0.3) is 0 Å². The minimum absolute atomic E-state index is 0.0832. The monoisotopic (exact) mass is 378 g/mol. The first-order valence-electron chi connectivity index (χ1n) is 8.04. The summed E-state index contributed by atoms with van der Waals surface area (Å²) >= 11 is 0. The molecule has 1 aromatic carbocycles. The van der Waals surface area contributed by atoms with Crippen LogP contribution in [-0.2, 0) is 9.53 Å². The molecule has 0 spiro atoms. The predicted octanol–water partition coefficient (Wildman–Crippen LogP) is 1.85. The Balaban J connectivity index is 1.72. The largest absolute Gasteiger partial charge is 0.368 e. The average molecular weight is 378 g/mol. The molecule has 1 atom stereocenters. The summed E-state index contributed by atoms with van der Waals surface area (Å²) in [6, 6.07) is 0. The summed E-state index contributed by atoms with van der Waals surface area (Å²) < 4.78 is 72.5. The van der Waals surface area contributed by atoms with Crippen LogP contribution in [0.15, 0.2) is 0 Å². The molecule has 1 aromatic rings. The Kier molecular flexibility index (Phi) is 5.12. The van der Waals surface area contributed by atoms with Gasteiger partial charge in [0.15, 0.2) is 23.3 Å². The van der Waals surface area contributed by atoms with Gasteiger partial charge in [-0.05, 0) is 12.8 Å². The molecule has 0 bridgehead atoms. The molecule has 142 valence electrons. The van der Waals surface area contributed by atoms with Crippen LogP contribution in [-0.4, -0.2) is 60.5 Å². The van der Waals surface area contributed by atoms with Crippen molar-refractivity contribution in [1.29, 1.82) is 0 Å². The van der Waals surface area contributed by atoms with E-state index in [4.69, 9.17) is 4.74 Å². The Hall–Kier alpha value is -2.23. The molecule has 2 amide bonds. The van der Waals surface area contributed by atoms with Crippen LogP contribution in [0.2, 0.25) is 0 Å². The van der Waals surface area contributed by atoms with Gasteiger partial charge >= 0.3 is 0 Å². The SMILES string of the molecule is O=C(c1c(F)c(F)c(F)c(F)c1F)N1CCN(C(=O)[C@@H]2CCCO2)CC1. The van der Waals surface area contributed by atoms with Crippen molar-refractivity contribution in [2.24, 2.45) is 0 Å². The summed E-state index contributed by atoms with van der Waals surface area (Å²) in [5.41, 5.74) is -1.49. The van der Waals surface area contributed by atoms with Crippen molar-refractivity contribution in [1.82, 2.24) is 9.80 Å². The molecule has 2 aliphatic heterocycles. The maximum Gasteiger partial charge on any atom is 0.260 e. The molecular weight excluding hydrogens is 363 g/mol. The topological polar surface area (TPSA) is 49.9 Å². The first-order chi connectivity index (χ1) is 12.3. The molecular formula is C16H15F5N2O3. The van der Waals surface area contributed by atoms with Gasteiger partial charge in [0.2, 0.25) is 5.82 Å². The van der Waals surface area contributed by atoms with E-state index in [0.29, 0.717) is 13.0 Å². The van der Waals surface area contributed by atoms with Gasteiger partial charge < -0.3 is 14.5 Å². The van der Waals surface area contributed by atoms with E-state index in [2.05, 4.69) is 0 Å². The average Bonchev–Trinajstić information content (AvgIpc) is 3.19. The standard InChI is InChI=1S/C16H15F5N2O3/c17-10-9(11(18)13(20)14(21)12(10)19)16(25)23-5-3-22(4-6-23)15(24)8-2-1-7-26-8/h8H,1-7H2/t8-/m0/s1. The minimum Gasteiger partial charge on any atom is -0.368 e. The third-order valence-electron chi connectivity index (χ3n) is 4.51. The van der Waals surface area contributed by atoms with E-state index in [1.54, 1.807) is 0 Å². The smallest absolute Gasteiger partial charge is 0.260 e. The van der Waals surface area contributed by atoms with Gasteiger partial charge in [0.25, 0.3) is 11.8 Å². The van der Waals surface area contributed by atoms with Gasteiger partial charge in [0.1, 0.15) is 11.7 Å². The third-order valence-corrected chi connectivity index (χ3v) is 4.51. The summed E-state index contributed by atoms with van der Waals surface area (Å²) in [5, 5.41) is 0. The van der Waals surface area contributed by atoms with E-state index in [-0.39, 0.29) is 32.1 Å². The molecule has 0 aliphatic carbocycles. The highest BCUT2D eigenvalue weighted by Gasteiger charge is 2.35. The summed E-state index contributed by atoms with van der Waals surface area (Å²) in [6.07, 6.45) is 0.838. The van der Waals surface area contributed by atoms with E-state index in [1.807, 2.05) is 0 Å². The highest BCUT2D eigenvalue weighted by atomic mass is 19.2. The zero-order chi connectivity index (χ0) is 19.0. The first-order valence-corrected chi connectivity index (χ1v) is 8.04. The molecule has 2 saturated heterocycles. The molecule has 26 heavy (non-hydrogen) atoms. The molecule has 0 saturated carbocycles. The molecule has 3 rings (SSSR count). The van der Waals surface area contributed by atoms with Crippen LogP contribution >= 0.6 is 0 Å². The van der Waals surface area contributed by atoms with Gasteiger partial charge in [-0.1, -0.05) is 0 Å². The Morgan fingerprint density at radius 3 is 1.81 bits per heavy atom. The second-order valence-electron chi connectivity index (χ2n) is 6.06. The number of carbonyl (C=O) groups is 2. The maximum absolute atomic E-state index is 13.8. The maximum atomic E-state index is 13.8. The second kappa shape index (κ2) is 7.18. The molecule has 0 N–H and O–H groups in total. The molecule has 0 aromatic heterocycles. The summed E-state index contributed by atoms with van der Waals surface area (Å²) in [5.74, 6) is -12.5. The zero-order valence-electron chi connectivity index (χ0n) is 13.5. The van der Waals surface area contributed by atoms with Crippen molar-refractivity contribution in [3.05, 3.63) is 34.6 Å². The van der Waals surface area contributed by atoms with E-state index < -0.39 is 46.7 Å². The summed E-state index contributed by atoms with van der Waals surface area (Å²) in [6.45, 7) is 0.488. The number of amides is 2. The fourth-order valence-electron chi connectivity index (χ4n) is 3.06. The number of ether oxygens (including phenoxy) is 1. The predicted molar refractivity (Wildman–Crippen MR) is 77.7 cm³/mol. The Morgan fingerprint density at radius 2 is 1.31 bits per heavy atom. The second-order valence-corrected chi connectivity index (χ2v) is 6.06. The van der Waals surface area contributed by atoms with E-state index in [0.717, 1.165) is 11.3 Å². The quantitative estimate of drug-likeness (QED) is 0.448. The van der Waals surface area contributed by atoms with Gasteiger partial charge in [-0.3, -0.25) is 9.59 Å². The van der Waals surface area contributed by atoms with Crippen molar-refractivity contribution in [2.45, 2.75) is 18.9 Å². The highest BCUT2D eigenvalue weighted by Crippen LogP contribution is 2.25. The van der Waals surface area contributed by atoms with Crippen molar-refractivity contribution in [3.63, 3.8) is 0 Å². The molecule has 0 radical (unpaired) electrons. The Labute approximate surface area is 145 Å². The third kappa shape index (κ3) is 3.13. The molecule has 10 heteroatoms. The molecule has 5 nitrogen and oxygen atoms in total. The minimum atomic E-state index is -2.32. The lowest BCUT2D eigenvalue weighted by Crippen LogP contribution is -2.53. The summed E-state index contributed by atoms with van der Waals surface area (Å²) in [7, 11) is 0. The number of nitrogens with zero attached hydrogens (tertiary/aromatic N) is 2. The van der Waals surface area contributed by atoms with Crippen LogP contribution < -0.4 is 0 Å². The first kappa shape index (κ1) is 18.6. The van der Waals surface area contributed by atoms with E-state index in [9.17, 15) is 31.5 Å². The zero-order valence-corrected chi connectivity index (χ0v) is 13.5. The van der Waals surface area contributed by atoms with E-state index in [1.165, 1.54) is 4.90 Å². The molecule has 2 aliphatic rings. The van der Waals surface area contributed by atoms with Crippen molar-refractivity contribution in [2.75, 3.05) is 32.8 Å². The van der Waals surface area contributed by atoms with Gasteiger partial charge in [-0.15, -0.1) is 0 Å². The number of benzene rings is 1. The summed E-state index contributed by atoms with van der Waals surface area (Å²) in [4.78, 5) is 26.9. The number of carbonyl (C=O) groups excluding carboxylic acids is 2. The van der Waals surface area contributed by atoms with Gasteiger partial charge in [0.05, 0.1) is 0 Å². The number of hydrogen-bond acceptors (Lipinski definition) is 3. The number of hydrogen-bond donors (Lipinski definition) is 0. The Morgan fingerprint density at radius 1 is 0.808 bits per heavy atom. The Bertz CT molecular complexity index is 715. The van der Waals surface area contributed by atoms with Crippen LogP contribution in [0.1, 0.15) is 23.2 Å². The molecule has 2 fully saturated rings. The number of rotatable bonds is 2. The van der Waals surface area contributed by atoms with Gasteiger partial charge in [-0.2, -0.15) is 0 Å². The van der Waals surface area contributed by atoms with Crippen molar-refractivity contribution in [3.8, 4) is 0 Å². The van der Waals surface area contributed by atoms with Crippen molar-refractivity contribution >= 4 is 11.8 Å². The lowest BCUT2D eigenvalue weighted by molar-refractivity contribution is -0.142. The van der Waals surface area contributed by atoms with Gasteiger partial charge in [-0.25, -0.2) is 22.0 Å². The van der Waals surface area contributed by atoms with Crippen LogP contribution in [0.5, 0.6) is 0 Å². The lowest BCUT2D eigenvalue weighted by Gasteiger charge is -2.35. The highest BCUT2D eigenvalue weighted by molar-refractivity contribution is 5.95. The number of piperazine rings is 1. The van der Waals surface area contributed by atoms with Gasteiger partial charge in [0, 0.05) is 32.8 Å². The molecule has 0 unspecified atom stereocenters.